The van der Waals surface area contributed by atoms with Crippen molar-refractivity contribution in [2.75, 3.05) is 36.9 Å². The van der Waals surface area contributed by atoms with Gasteiger partial charge in [0.05, 0.1) is 5.69 Å². The molecule has 0 saturated carbocycles. The van der Waals surface area contributed by atoms with E-state index in [0.717, 1.165) is 68.5 Å². The van der Waals surface area contributed by atoms with E-state index in [1.807, 2.05) is 13.0 Å². The van der Waals surface area contributed by atoms with Crippen LogP contribution in [0.1, 0.15) is 29.8 Å². The molecule has 2 aromatic heterocycles. The highest BCUT2D eigenvalue weighted by atomic mass is 15.3. The largest absolute Gasteiger partial charge is 0.367 e. The third kappa shape index (κ3) is 3.71. The molecule has 1 N–H and O–H groups in total. The molecular formula is C18H25N7. The number of fused-ring (bicyclic) bond motifs is 1. The molecule has 2 aliphatic rings. The van der Waals surface area contributed by atoms with Crippen LogP contribution in [0.2, 0.25) is 0 Å². The minimum absolute atomic E-state index is 0.447. The summed E-state index contributed by atoms with van der Waals surface area (Å²) < 4.78 is 0. The Labute approximate surface area is 148 Å². The lowest BCUT2D eigenvalue weighted by atomic mass is 10.0. The lowest BCUT2D eigenvalue weighted by Gasteiger charge is -2.34. The molecule has 0 spiro atoms. The van der Waals surface area contributed by atoms with Crippen LogP contribution in [0.3, 0.4) is 0 Å². The second-order valence-electron chi connectivity index (χ2n) is 7.11. The average molecular weight is 339 g/mol. The van der Waals surface area contributed by atoms with Crippen LogP contribution in [0, 0.1) is 6.92 Å². The lowest BCUT2D eigenvalue weighted by molar-refractivity contribution is 0.308. The van der Waals surface area contributed by atoms with E-state index in [-0.39, 0.29) is 0 Å². The normalized spacial score (nSPS) is 18.9. The van der Waals surface area contributed by atoms with E-state index in [9.17, 15) is 0 Å². The number of piperidine rings is 1. The van der Waals surface area contributed by atoms with Crippen LogP contribution < -0.4 is 10.2 Å². The van der Waals surface area contributed by atoms with Gasteiger partial charge in [-0.25, -0.2) is 9.97 Å². The van der Waals surface area contributed by atoms with Gasteiger partial charge in [-0.05, 0) is 38.4 Å². The van der Waals surface area contributed by atoms with Crippen LogP contribution in [0.4, 0.5) is 11.6 Å². The summed E-state index contributed by atoms with van der Waals surface area (Å²) in [5.41, 5.74) is 3.48. The van der Waals surface area contributed by atoms with Crippen LogP contribution in [0.5, 0.6) is 0 Å². The van der Waals surface area contributed by atoms with Crippen molar-refractivity contribution >= 4 is 11.6 Å². The van der Waals surface area contributed by atoms with Crippen molar-refractivity contribution in [1.29, 1.82) is 0 Å². The number of nitrogens with zero attached hydrogens (tertiary/aromatic N) is 6. The predicted molar refractivity (Wildman–Crippen MR) is 97.7 cm³/mol. The van der Waals surface area contributed by atoms with Crippen LogP contribution in [0.15, 0.2) is 18.5 Å². The van der Waals surface area contributed by atoms with Crippen molar-refractivity contribution in [3.05, 3.63) is 35.4 Å². The Morgan fingerprint density at radius 3 is 2.72 bits per heavy atom. The molecule has 132 valence electrons. The first-order chi connectivity index (χ1) is 12.2. The first-order valence-electron chi connectivity index (χ1n) is 9.01. The fourth-order valence-corrected chi connectivity index (χ4v) is 3.61. The molecule has 0 bridgehead atoms. The topological polar surface area (TPSA) is 70.1 Å². The number of hydrogen-bond donors (Lipinski definition) is 1. The molecule has 1 fully saturated rings. The van der Waals surface area contributed by atoms with Crippen molar-refractivity contribution < 1.29 is 0 Å². The first-order valence-corrected chi connectivity index (χ1v) is 9.01. The highest BCUT2D eigenvalue weighted by Crippen LogP contribution is 2.23. The van der Waals surface area contributed by atoms with Gasteiger partial charge in [0.15, 0.2) is 5.82 Å². The molecule has 4 rings (SSSR count). The SMILES string of the molecule is Cc1cc(NC2CCN(c3cc4c(nn3)CCN(C)C4)CC2)ncn1. The maximum absolute atomic E-state index is 4.48. The zero-order chi connectivity index (χ0) is 17.2. The molecular weight excluding hydrogens is 314 g/mol. The number of anilines is 2. The molecule has 7 heteroatoms. The number of aryl methyl sites for hydroxylation is 1. The van der Waals surface area contributed by atoms with E-state index >= 15 is 0 Å². The fourth-order valence-electron chi connectivity index (χ4n) is 3.61. The molecule has 0 unspecified atom stereocenters. The van der Waals surface area contributed by atoms with Crippen LogP contribution >= 0.6 is 0 Å². The molecule has 1 saturated heterocycles. The molecule has 0 radical (unpaired) electrons. The maximum atomic E-state index is 4.48. The Morgan fingerprint density at radius 1 is 1.08 bits per heavy atom. The number of hydrogen-bond acceptors (Lipinski definition) is 7. The Hall–Kier alpha value is -2.28. The number of likely N-dealkylation sites (N-methyl/N-ethyl adjacent to an activating group) is 1. The highest BCUT2D eigenvalue weighted by Gasteiger charge is 2.23. The van der Waals surface area contributed by atoms with E-state index in [1.165, 1.54) is 5.56 Å². The van der Waals surface area contributed by atoms with Crippen LogP contribution in [0.25, 0.3) is 0 Å². The molecule has 25 heavy (non-hydrogen) atoms. The molecule has 2 aromatic rings. The fraction of sp³-hybridized carbons (Fsp3) is 0.556. The van der Waals surface area contributed by atoms with Gasteiger partial charge < -0.3 is 15.1 Å². The van der Waals surface area contributed by atoms with E-state index in [2.05, 4.69) is 48.4 Å². The van der Waals surface area contributed by atoms with Crippen molar-refractivity contribution in [2.24, 2.45) is 0 Å². The first kappa shape index (κ1) is 16.2. The van der Waals surface area contributed by atoms with E-state index < -0.39 is 0 Å². The molecule has 0 atom stereocenters. The third-order valence-electron chi connectivity index (χ3n) is 5.09. The number of aromatic nitrogens is 4. The van der Waals surface area contributed by atoms with Crippen molar-refractivity contribution in [3.8, 4) is 0 Å². The van der Waals surface area contributed by atoms with E-state index in [0.29, 0.717) is 6.04 Å². The van der Waals surface area contributed by atoms with Crippen molar-refractivity contribution in [2.45, 2.75) is 38.8 Å². The smallest absolute Gasteiger partial charge is 0.151 e. The Kier molecular flexibility index (Phi) is 4.48. The second-order valence-corrected chi connectivity index (χ2v) is 7.11. The summed E-state index contributed by atoms with van der Waals surface area (Å²) in [4.78, 5) is 13.1. The van der Waals surface area contributed by atoms with Crippen LogP contribution in [-0.2, 0) is 13.0 Å². The standard InChI is InChI=1S/C18H25N7/c1-13-9-17(20-12-19-13)21-15-3-7-25(8-4-15)18-10-14-11-24(2)6-5-16(14)22-23-18/h9-10,12,15H,3-8,11H2,1-2H3,(H,19,20,21). The van der Waals surface area contributed by atoms with Gasteiger partial charge >= 0.3 is 0 Å². The zero-order valence-corrected chi connectivity index (χ0v) is 14.9. The third-order valence-corrected chi connectivity index (χ3v) is 5.09. The molecule has 0 aromatic carbocycles. The number of rotatable bonds is 3. The second kappa shape index (κ2) is 6.92. The van der Waals surface area contributed by atoms with Crippen molar-refractivity contribution in [3.63, 3.8) is 0 Å². The molecule has 7 nitrogen and oxygen atoms in total. The van der Waals surface area contributed by atoms with E-state index in [4.69, 9.17) is 0 Å². The van der Waals surface area contributed by atoms with Gasteiger partial charge in [-0.1, -0.05) is 0 Å². The van der Waals surface area contributed by atoms with Crippen LogP contribution in [-0.4, -0.2) is 57.8 Å². The Morgan fingerprint density at radius 2 is 1.92 bits per heavy atom. The molecule has 2 aliphatic heterocycles. The van der Waals surface area contributed by atoms with Gasteiger partial charge in [0.2, 0.25) is 0 Å². The molecule has 0 aliphatic carbocycles. The Bertz CT molecular complexity index is 740. The van der Waals surface area contributed by atoms with Gasteiger partial charge in [0.1, 0.15) is 12.1 Å². The monoisotopic (exact) mass is 339 g/mol. The summed E-state index contributed by atoms with van der Waals surface area (Å²) in [5, 5.41) is 12.5. The molecule has 4 heterocycles. The lowest BCUT2D eigenvalue weighted by Crippen LogP contribution is -2.40. The van der Waals surface area contributed by atoms with E-state index in [1.54, 1.807) is 6.33 Å². The average Bonchev–Trinajstić information content (AvgIpc) is 2.62. The summed E-state index contributed by atoms with van der Waals surface area (Å²) >= 11 is 0. The predicted octanol–water partition coefficient (Wildman–Crippen LogP) is 1.64. The summed E-state index contributed by atoms with van der Waals surface area (Å²) in [6, 6.07) is 4.68. The van der Waals surface area contributed by atoms with Gasteiger partial charge in [-0.15, -0.1) is 5.10 Å². The Balaban J connectivity index is 1.38. The summed E-state index contributed by atoms with van der Waals surface area (Å²) in [5.74, 6) is 1.94. The van der Waals surface area contributed by atoms with Gasteiger partial charge in [0, 0.05) is 50.4 Å². The van der Waals surface area contributed by atoms with Gasteiger partial charge in [0.25, 0.3) is 0 Å². The zero-order valence-electron chi connectivity index (χ0n) is 14.9. The van der Waals surface area contributed by atoms with Crippen molar-refractivity contribution in [1.82, 2.24) is 25.1 Å². The summed E-state index contributed by atoms with van der Waals surface area (Å²) in [6.45, 7) is 6.02. The summed E-state index contributed by atoms with van der Waals surface area (Å²) in [7, 11) is 2.16. The molecule has 0 amide bonds. The minimum Gasteiger partial charge on any atom is -0.367 e. The number of nitrogens with one attached hydrogen (secondary N) is 1. The maximum Gasteiger partial charge on any atom is 0.151 e. The summed E-state index contributed by atoms with van der Waals surface area (Å²) in [6.07, 6.45) is 4.76. The highest BCUT2D eigenvalue weighted by molar-refractivity contribution is 5.43. The quantitative estimate of drug-likeness (QED) is 0.911. The van der Waals surface area contributed by atoms with Gasteiger partial charge in [-0.3, -0.25) is 0 Å². The van der Waals surface area contributed by atoms with Gasteiger partial charge in [-0.2, -0.15) is 5.10 Å². The minimum atomic E-state index is 0.447.